The summed E-state index contributed by atoms with van der Waals surface area (Å²) in [6.45, 7) is 7.27. The second-order valence-electron chi connectivity index (χ2n) is 6.21. The van der Waals surface area contributed by atoms with E-state index in [9.17, 15) is 4.79 Å². The molecule has 2 heterocycles. The summed E-state index contributed by atoms with van der Waals surface area (Å²) >= 11 is 0. The predicted molar refractivity (Wildman–Crippen MR) is 81.2 cm³/mol. The molecule has 1 aromatic rings. The van der Waals surface area contributed by atoms with Crippen LogP contribution in [-0.4, -0.2) is 54.3 Å². The van der Waals surface area contributed by atoms with Crippen LogP contribution in [0, 0.1) is 6.92 Å². The molecule has 3 heteroatoms. The summed E-state index contributed by atoms with van der Waals surface area (Å²) in [5.41, 5.74) is 2.05. The molecule has 2 aliphatic heterocycles. The first-order valence-electron chi connectivity index (χ1n) is 7.78. The molecule has 108 valence electrons. The molecule has 0 bridgehead atoms. The first kappa shape index (κ1) is 13.8. The number of carbonyl (C=O) groups is 1. The summed E-state index contributed by atoms with van der Waals surface area (Å²) in [7, 11) is 0. The maximum Gasteiger partial charge on any atom is 0.176 e. The molecule has 0 radical (unpaired) electrons. The van der Waals surface area contributed by atoms with Crippen LogP contribution in [0.3, 0.4) is 0 Å². The van der Waals surface area contributed by atoms with Crippen LogP contribution in [0.2, 0.25) is 0 Å². The largest absolute Gasteiger partial charge is 0.299 e. The van der Waals surface area contributed by atoms with E-state index in [2.05, 4.69) is 16.7 Å². The van der Waals surface area contributed by atoms with Crippen LogP contribution in [0.4, 0.5) is 0 Å². The Balaban J connectivity index is 1.53. The molecular formula is C17H24N2O. The topological polar surface area (TPSA) is 23.6 Å². The van der Waals surface area contributed by atoms with E-state index in [0.717, 1.165) is 18.7 Å². The molecule has 1 aromatic carbocycles. The second kappa shape index (κ2) is 6.06. The molecular weight excluding hydrogens is 248 g/mol. The van der Waals surface area contributed by atoms with Crippen molar-refractivity contribution >= 4 is 5.78 Å². The minimum Gasteiger partial charge on any atom is -0.299 e. The van der Waals surface area contributed by atoms with E-state index in [0.29, 0.717) is 12.6 Å². The van der Waals surface area contributed by atoms with E-state index in [1.165, 1.54) is 37.9 Å². The molecule has 2 fully saturated rings. The molecule has 2 aliphatic rings. The Morgan fingerprint density at radius 1 is 1.15 bits per heavy atom. The summed E-state index contributed by atoms with van der Waals surface area (Å²) in [6.07, 6.45) is 3.92. The van der Waals surface area contributed by atoms with Crippen molar-refractivity contribution in [3.05, 3.63) is 35.4 Å². The summed E-state index contributed by atoms with van der Waals surface area (Å²) < 4.78 is 0. The highest BCUT2D eigenvalue weighted by Crippen LogP contribution is 2.20. The number of carbonyl (C=O) groups excluding carboxylic acids is 1. The molecule has 1 unspecified atom stereocenters. The van der Waals surface area contributed by atoms with Crippen molar-refractivity contribution in [3.63, 3.8) is 0 Å². The maximum absolute atomic E-state index is 12.3. The van der Waals surface area contributed by atoms with Crippen molar-refractivity contribution in [1.29, 1.82) is 0 Å². The van der Waals surface area contributed by atoms with Crippen LogP contribution in [0.5, 0.6) is 0 Å². The number of hydrogen-bond acceptors (Lipinski definition) is 3. The van der Waals surface area contributed by atoms with Gasteiger partial charge in [0.25, 0.3) is 0 Å². The first-order chi connectivity index (χ1) is 9.72. The third-order valence-corrected chi connectivity index (χ3v) is 4.65. The maximum atomic E-state index is 12.3. The zero-order chi connectivity index (χ0) is 13.9. The molecule has 3 rings (SSSR count). The number of likely N-dealkylation sites (tertiary alicyclic amines) is 2. The smallest absolute Gasteiger partial charge is 0.176 e. The summed E-state index contributed by atoms with van der Waals surface area (Å²) in [4.78, 5) is 17.2. The van der Waals surface area contributed by atoms with Gasteiger partial charge in [-0.1, -0.05) is 29.8 Å². The monoisotopic (exact) mass is 272 g/mol. The Morgan fingerprint density at radius 3 is 2.55 bits per heavy atom. The minimum atomic E-state index is 0.257. The molecule has 1 atom stereocenters. The normalized spacial score (nSPS) is 24.4. The van der Waals surface area contributed by atoms with Crippen LogP contribution in [0.1, 0.15) is 35.2 Å². The van der Waals surface area contributed by atoms with E-state index in [1.807, 2.05) is 24.3 Å². The fraction of sp³-hybridized carbons (Fsp3) is 0.588. The molecule has 20 heavy (non-hydrogen) atoms. The molecule has 0 N–H and O–H groups in total. The quantitative estimate of drug-likeness (QED) is 0.786. The van der Waals surface area contributed by atoms with Gasteiger partial charge in [-0.15, -0.1) is 0 Å². The van der Waals surface area contributed by atoms with Gasteiger partial charge in [0.1, 0.15) is 0 Å². The van der Waals surface area contributed by atoms with Crippen LogP contribution in [-0.2, 0) is 0 Å². The zero-order valence-corrected chi connectivity index (χ0v) is 12.3. The number of rotatable bonds is 4. The summed E-state index contributed by atoms with van der Waals surface area (Å²) in [6, 6.07) is 8.62. The van der Waals surface area contributed by atoms with Gasteiger partial charge in [0, 0.05) is 24.7 Å². The van der Waals surface area contributed by atoms with Crippen molar-refractivity contribution in [1.82, 2.24) is 9.80 Å². The van der Waals surface area contributed by atoms with Gasteiger partial charge < -0.3 is 0 Å². The Labute approximate surface area is 121 Å². The SMILES string of the molecule is Cc1ccc(C(=O)CN2CCC(N3CCCC3)C2)cc1. The minimum absolute atomic E-state index is 0.257. The number of Topliss-reactive ketones (excluding diaryl/α,β-unsaturated/α-hetero) is 1. The highest BCUT2D eigenvalue weighted by atomic mass is 16.1. The Kier molecular flexibility index (Phi) is 4.18. The fourth-order valence-electron chi connectivity index (χ4n) is 3.39. The van der Waals surface area contributed by atoms with Gasteiger partial charge >= 0.3 is 0 Å². The lowest BCUT2D eigenvalue weighted by Gasteiger charge is -2.23. The van der Waals surface area contributed by atoms with Crippen molar-refractivity contribution in [2.75, 3.05) is 32.7 Å². The Bertz CT molecular complexity index is 462. The van der Waals surface area contributed by atoms with Gasteiger partial charge in [0.2, 0.25) is 0 Å². The summed E-state index contributed by atoms with van der Waals surface area (Å²) in [5, 5.41) is 0. The third-order valence-electron chi connectivity index (χ3n) is 4.65. The van der Waals surface area contributed by atoms with Crippen LogP contribution in [0.25, 0.3) is 0 Å². The molecule has 3 nitrogen and oxygen atoms in total. The zero-order valence-electron chi connectivity index (χ0n) is 12.3. The number of aryl methyl sites for hydroxylation is 1. The molecule has 0 saturated carbocycles. The number of nitrogens with zero attached hydrogens (tertiary/aromatic N) is 2. The molecule has 0 aliphatic carbocycles. The average Bonchev–Trinajstić information content (AvgIpc) is 3.09. The Hall–Kier alpha value is -1.19. The second-order valence-corrected chi connectivity index (χ2v) is 6.21. The molecule has 0 aromatic heterocycles. The molecule has 2 saturated heterocycles. The molecule has 0 spiro atoms. The number of benzene rings is 1. The van der Waals surface area contributed by atoms with Crippen molar-refractivity contribution in [2.45, 2.75) is 32.2 Å². The lowest BCUT2D eigenvalue weighted by Crippen LogP contribution is -2.36. The van der Waals surface area contributed by atoms with Crippen LogP contribution in [0.15, 0.2) is 24.3 Å². The lowest BCUT2D eigenvalue weighted by atomic mass is 10.1. The van der Waals surface area contributed by atoms with Crippen molar-refractivity contribution in [2.24, 2.45) is 0 Å². The van der Waals surface area contributed by atoms with E-state index in [4.69, 9.17) is 0 Å². The highest BCUT2D eigenvalue weighted by molar-refractivity contribution is 5.97. The molecule has 0 amide bonds. The van der Waals surface area contributed by atoms with Gasteiger partial charge in [-0.2, -0.15) is 0 Å². The number of ketones is 1. The average molecular weight is 272 g/mol. The fourth-order valence-corrected chi connectivity index (χ4v) is 3.39. The van der Waals surface area contributed by atoms with Gasteiger partial charge in [-0.3, -0.25) is 14.6 Å². The Morgan fingerprint density at radius 2 is 1.85 bits per heavy atom. The van der Waals surface area contributed by atoms with E-state index in [1.54, 1.807) is 0 Å². The standard InChI is InChI=1S/C17H24N2O/c1-14-4-6-15(7-5-14)17(20)13-18-11-8-16(12-18)19-9-2-3-10-19/h4-7,16H,2-3,8-13H2,1H3. The van der Waals surface area contributed by atoms with Crippen molar-refractivity contribution in [3.8, 4) is 0 Å². The third kappa shape index (κ3) is 3.10. The highest BCUT2D eigenvalue weighted by Gasteiger charge is 2.29. The first-order valence-corrected chi connectivity index (χ1v) is 7.78. The number of hydrogen-bond donors (Lipinski definition) is 0. The van der Waals surface area contributed by atoms with E-state index < -0.39 is 0 Å². The van der Waals surface area contributed by atoms with E-state index in [-0.39, 0.29) is 5.78 Å². The van der Waals surface area contributed by atoms with Gasteiger partial charge in [0.05, 0.1) is 6.54 Å². The lowest BCUT2D eigenvalue weighted by molar-refractivity contribution is 0.0940. The van der Waals surface area contributed by atoms with Gasteiger partial charge in [-0.05, 0) is 39.3 Å². The van der Waals surface area contributed by atoms with Crippen LogP contribution < -0.4 is 0 Å². The van der Waals surface area contributed by atoms with Gasteiger partial charge in [0.15, 0.2) is 5.78 Å². The predicted octanol–water partition coefficient (Wildman–Crippen LogP) is 2.35. The van der Waals surface area contributed by atoms with E-state index >= 15 is 0 Å². The van der Waals surface area contributed by atoms with Gasteiger partial charge in [-0.25, -0.2) is 0 Å². The summed E-state index contributed by atoms with van der Waals surface area (Å²) in [5.74, 6) is 0.257. The van der Waals surface area contributed by atoms with Crippen molar-refractivity contribution < 1.29 is 4.79 Å². The van der Waals surface area contributed by atoms with Crippen LogP contribution >= 0.6 is 0 Å².